The minimum Gasteiger partial charge on any atom is -0.295 e. The first-order valence-corrected chi connectivity index (χ1v) is 8.09. The summed E-state index contributed by atoms with van der Waals surface area (Å²) in [5.41, 5.74) is 2.80. The lowest BCUT2D eigenvalue weighted by Crippen LogP contribution is -2.35. The summed E-state index contributed by atoms with van der Waals surface area (Å²) in [4.78, 5) is 19.0. The van der Waals surface area contributed by atoms with Gasteiger partial charge in [-0.05, 0) is 45.2 Å². The van der Waals surface area contributed by atoms with Crippen LogP contribution in [-0.2, 0) is 4.79 Å². The van der Waals surface area contributed by atoms with E-state index in [1.54, 1.807) is 0 Å². The van der Waals surface area contributed by atoms with Gasteiger partial charge in [0.2, 0.25) is 11.9 Å². The normalized spacial score (nSPS) is 11.4. The maximum atomic E-state index is 12.4. The molecule has 0 saturated heterocycles. The second-order valence-corrected chi connectivity index (χ2v) is 6.15. The summed E-state index contributed by atoms with van der Waals surface area (Å²) in [7, 11) is 1.93. The topological polar surface area (TPSA) is 50.2 Å². The van der Waals surface area contributed by atoms with Crippen molar-refractivity contribution in [3.63, 3.8) is 0 Å². The molecule has 2 aromatic carbocycles. The molecule has 0 unspecified atom stereocenters. The molecule has 0 atom stereocenters. The highest BCUT2D eigenvalue weighted by atomic mass is 16.2. The highest BCUT2D eigenvalue weighted by Crippen LogP contribution is 2.24. The maximum absolute atomic E-state index is 12.4. The van der Waals surface area contributed by atoms with Crippen molar-refractivity contribution >= 4 is 22.9 Å². The quantitative estimate of drug-likeness (QED) is 0.784. The van der Waals surface area contributed by atoms with E-state index in [1.807, 2.05) is 71.1 Å². The molecule has 0 aliphatic rings. The number of nitrogens with one attached hydrogen (secondary N) is 1. The van der Waals surface area contributed by atoms with Crippen molar-refractivity contribution < 1.29 is 4.79 Å². The van der Waals surface area contributed by atoms with E-state index in [9.17, 15) is 4.79 Å². The number of fused-ring (bicyclic) bond motifs is 1. The number of aromatic nitrogens is 2. The van der Waals surface area contributed by atoms with Crippen LogP contribution in [0.1, 0.15) is 13.8 Å². The highest BCUT2D eigenvalue weighted by Gasteiger charge is 2.16. The van der Waals surface area contributed by atoms with Gasteiger partial charge in [0, 0.05) is 11.7 Å². The fourth-order valence-electron chi connectivity index (χ4n) is 2.52. The second-order valence-electron chi connectivity index (χ2n) is 6.15. The smallest absolute Gasteiger partial charge is 0.240 e. The zero-order valence-electron chi connectivity index (χ0n) is 14.2. The molecule has 3 aromatic rings. The van der Waals surface area contributed by atoms with E-state index >= 15 is 0 Å². The van der Waals surface area contributed by atoms with Crippen molar-refractivity contribution in [2.75, 3.05) is 18.9 Å². The Morgan fingerprint density at radius 3 is 2.50 bits per heavy atom. The number of benzene rings is 2. The molecule has 0 radical (unpaired) electrons. The Morgan fingerprint density at radius 2 is 1.79 bits per heavy atom. The van der Waals surface area contributed by atoms with Crippen LogP contribution in [0.25, 0.3) is 16.7 Å². The number of para-hydroxylation sites is 3. The minimum atomic E-state index is -0.0707. The van der Waals surface area contributed by atoms with Crippen molar-refractivity contribution in [3.05, 3.63) is 54.6 Å². The lowest BCUT2D eigenvalue weighted by atomic mass is 10.3. The molecule has 5 heteroatoms. The Labute approximate surface area is 141 Å². The van der Waals surface area contributed by atoms with Gasteiger partial charge in [0.25, 0.3) is 0 Å². The van der Waals surface area contributed by atoms with Crippen LogP contribution in [0, 0.1) is 0 Å². The van der Waals surface area contributed by atoms with E-state index < -0.39 is 0 Å². The predicted molar refractivity (Wildman–Crippen MR) is 97.5 cm³/mol. The Morgan fingerprint density at radius 1 is 1.12 bits per heavy atom. The van der Waals surface area contributed by atoms with Crippen LogP contribution in [0.3, 0.4) is 0 Å². The number of likely N-dealkylation sites (N-methyl/N-ethyl adjacent to an activating group) is 1. The molecule has 24 heavy (non-hydrogen) atoms. The van der Waals surface area contributed by atoms with Crippen LogP contribution in [0.4, 0.5) is 5.95 Å². The van der Waals surface area contributed by atoms with E-state index in [2.05, 4.69) is 24.1 Å². The van der Waals surface area contributed by atoms with Gasteiger partial charge in [0.05, 0.1) is 17.6 Å². The van der Waals surface area contributed by atoms with Crippen molar-refractivity contribution in [1.29, 1.82) is 0 Å². The van der Waals surface area contributed by atoms with Crippen LogP contribution >= 0.6 is 0 Å². The van der Waals surface area contributed by atoms with Crippen molar-refractivity contribution in [3.8, 4) is 5.69 Å². The molecule has 1 amide bonds. The molecule has 124 valence electrons. The molecular formula is C19H22N4O. The van der Waals surface area contributed by atoms with Crippen LogP contribution < -0.4 is 5.32 Å². The van der Waals surface area contributed by atoms with E-state index in [-0.39, 0.29) is 5.91 Å². The molecule has 0 saturated carbocycles. The van der Waals surface area contributed by atoms with Crippen molar-refractivity contribution in [2.24, 2.45) is 0 Å². The van der Waals surface area contributed by atoms with E-state index in [4.69, 9.17) is 0 Å². The summed E-state index contributed by atoms with van der Waals surface area (Å²) < 4.78 is 1.97. The molecule has 0 aliphatic heterocycles. The van der Waals surface area contributed by atoms with Crippen molar-refractivity contribution in [1.82, 2.24) is 14.5 Å². The zero-order chi connectivity index (χ0) is 17.1. The third-order valence-electron chi connectivity index (χ3n) is 4.10. The fourth-order valence-corrected chi connectivity index (χ4v) is 2.52. The first-order valence-electron chi connectivity index (χ1n) is 8.09. The van der Waals surface area contributed by atoms with Gasteiger partial charge in [-0.3, -0.25) is 19.6 Å². The van der Waals surface area contributed by atoms with Crippen LogP contribution in [0.5, 0.6) is 0 Å². The van der Waals surface area contributed by atoms with Gasteiger partial charge in [0.15, 0.2) is 0 Å². The van der Waals surface area contributed by atoms with Gasteiger partial charge in [-0.2, -0.15) is 0 Å². The molecule has 0 spiro atoms. The summed E-state index contributed by atoms with van der Waals surface area (Å²) in [5, 5.41) is 2.96. The summed E-state index contributed by atoms with van der Waals surface area (Å²) in [6, 6.07) is 18.1. The average Bonchev–Trinajstić information content (AvgIpc) is 2.93. The Kier molecular flexibility index (Phi) is 4.62. The molecule has 1 aromatic heterocycles. The van der Waals surface area contributed by atoms with Crippen molar-refractivity contribution in [2.45, 2.75) is 19.9 Å². The number of imidazole rings is 1. The first-order chi connectivity index (χ1) is 11.6. The lowest BCUT2D eigenvalue weighted by Gasteiger charge is -2.20. The Bertz CT molecular complexity index is 839. The minimum absolute atomic E-state index is 0.0707. The third-order valence-corrected chi connectivity index (χ3v) is 4.10. The Balaban J connectivity index is 1.97. The summed E-state index contributed by atoms with van der Waals surface area (Å²) in [5.74, 6) is 0.475. The van der Waals surface area contributed by atoms with Gasteiger partial charge in [-0.15, -0.1) is 0 Å². The maximum Gasteiger partial charge on any atom is 0.240 e. The number of amides is 1. The van der Waals surface area contributed by atoms with E-state index in [0.29, 0.717) is 18.5 Å². The number of rotatable bonds is 5. The van der Waals surface area contributed by atoms with Gasteiger partial charge < -0.3 is 0 Å². The number of carbonyl (C=O) groups excluding carboxylic acids is 1. The number of hydrogen-bond donors (Lipinski definition) is 1. The number of anilines is 1. The third kappa shape index (κ3) is 3.31. The lowest BCUT2D eigenvalue weighted by molar-refractivity contribution is -0.117. The second kappa shape index (κ2) is 6.84. The summed E-state index contributed by atoms with van der Waals surface area (Å²) >= 11 is 0. The fraction of sp³-hybridized carbons (Fsp3) is 0.263. The largest absolute Gasteiger partial charge is 0.295 e. The number of nitrogens with zero attached hydrogens (tertiary/aromatic N) is 3. The molecular weight excluding hydrogens is 300 g/mol. The summed E-state index contributed by atoms with van der Waals surface area (Å²) in [6.45, 7) is 4.45. The molecule has 5 nitrogen and oxygen atoms in total. The molecule has 0 bridgehead atoms. The molecule has 3 rings (SSSR count). The van der Waals surface area contributed by atoms with Crippen LogP contribution in [0.15, 0.2) is 54.6 Å². The number of hydrogen-bond acceptors (Lipinski definition) is 3. The van der Waals surface area contributed by atoms with Gasteiger partial charge in [-0.25, -0.2) is 4.98 Å². The SMILES string of the molecule is CC(C)N(C)CC(=O)Nc1nc2ccccc2n1-c1ccccc1. The van der Waals surface area contributed by atoms with Gasteiger partial charge in [0.1, 0.15) is 0 Å². The molecule has 0 aliphatic carbocycles. The predicted octanol–water partition coefficient (Wildman–Crippen LogP) is 3.30. The van der Waals surface area contributed by atoms with Gasteiger partial charge in [-0.1, -0.05) is 30.3 Å². The van der Waals surface area contributed by atoms with Crippen LogP contribution in [-0.4, -0.2) is 40.0 Å². The first kappa shape index (κ1) is 16.2. The van der Waals surface area contributed by atoms with Gasteiger partial charge >= 0.3 is 0 Å². The number of carbonyl (C=O) groups is 1. The van der Waals surface area contributed by atoms with E-state index in [0.717, 1.165) is 16.7 Å². The standard InChI is InChI=1S/C19H22N4O/c1-14(2)22(3)13-18(24)21-19-20-16-11-7-8-12-17(16)23(19)15-9-5-4-6-10-15/h4-12,14H,13H2,1-3H3,(H,20,21,24). The average molecular weight is 322 g/mol. The van der Waals surface area contributed by atoms with E-state index in [1.165, 1.54) is 0 Å². The molecule has 1 heterocycles. The Hall–Kier alpha value is -2.66. The highest BCUT2D eigenvalue weighted by molar-refractivity contribution is 5.93. The zero-order valence-corrected chi connectivity index (χ0v) is 14.2. The molecule has 1 N–H and O–H groups in total. The monoisotopic (exact) mass is 322 g/mol. The molecule has 0 fully saturated rings. The van der Waals surface area contributed by atoms with Crippen LogP contribution in [0.2, 0.25) is 0 Å². The summed E-state index contributed by atoms with van der Waals surface area (Å²) in [6.07, 6.45) is 0.